The van der Waals surface area contributed by atoms with Crippen LogP contribution in [0.2, 0.25) is 0 Å². The fraction of sp³-hybridized carbons (Fsp3) is 0.400. The largest absolute Gasteiger partial charge is 0.493 e. The molecule has 0 aliphatic carbocycles. The zero-order chi connectivity index (χ0) is 13.4. The minimum absolute atomic E-state index is 0.590. The van der Waals surface area contributed by atoms with Gasteiger partial charge in [0.1, 0.15) is 6.29 Å². The molecule has 18 heavy (non-hydrogen) atoms. The van der Waals surface area contributed by atoms with E-state index in [2.05, 4.69) is 13.5 Å². The zero-order valence-electron chi connectivity index (χ0n) is 11.1. The quantitative estimate of drug-likeness (QED) is 0.402. The van der Waals surface area contributed by atoms with E-state index in [0.717, 1.165) is 24.7 Å². The Morgan fingerprint density at radius 3 is 2.72 bits per heavy atom. The van der Waals surface area contributed by atoms with E-state index >= 15 is 0 Å². The Kier molecular flexibility index (Phi) is 5.98. The van der Waals surface area contributed by atoms with Gasteiger partial charge in [-0.25, -0.2) is 0 Å². The van der Waals surface area contributed by atoms with E-state index in [4.69, 9.17) is 9.47 Å². The van der Waals surface area contributed by atoms with Gasteiger partial charge in [0.05, 0.1) is 13.7 Å². The molecule has 98 valence electrons. The molecule has 0 saturated carbocycles. The van der Waals surface area contributed by atoms with Crippen molar-refractivity contribution >= 4 is 6.29 Å². The third-order valence-corrected chi connectivity index (χ3v) is 2.70. The van der Waals surface area contributed by atoms with Gasteiger partial charge in [-0.05, 0) is 25.0 Å². The van der Waals surface area contributed by atoms with Crippen LogP contribution in [0, 0.1) is 0 Å². The van der Waals surface area contributed by atoms with E-state index in [9.17, 15) is 4.79 Å². The van der Waals surface area contributed by atoms with Crippen LogP contribution in [0.15, 0.2) is 24.8 Å². The maximum atomic E-state index is 11.1. The number of hydrogen-bond donors (Lipinski definition) is 0. The van der Waals surface area contributed by atoms with Crippen molar-refractivity contribution in [1.29, 1.82) is 0 Å². The Labute approximate surface area is 108 Å². The van der Waals surface area contributed by atoms with Crippen molar-refractivity contribution in [1.82, 2.24) is 0 Å². The summed E-state index contributed by atoms with van der Waals surface area (Å²) in [5.41, 5.74) is 1.47. The number of carbonyl (C=O) groups is 1. The van der Waals surface area contributed by atoms with Crippen LogP contribution in [-0.4, -0.2) is 20.0 Å². The van der Waals surface area contributed by atoms with E-state index in [1.54, 1.807) is 25.3 Å². The Bertz CT molecular complexity index is 410. The number of aldehydes is 1. The van der Waals surface area contributed by atoms with E-state index in [-0.39, 0.29) is 0 Å². The summed E-state index contributed by atoms with van der Waals surface area (Å²) in [5.74, 6) is 1.32. The molecule has 3 heteroatoms. The normalized spacial score (nSPS) is 9.89. The molecule has 1 rings (SSSR count). The molecule has 0 amide bonds. The summed E-state index contributed by atoms with van der Waals surface area (Å²) >= 11 is 0. The van der Waals surface area contributed by atoms with Gasteiger partial charge in [-0.15, -0.1) is 6.58 Å². The third-order valence-electron chi connectivity index (χ3n) is 2.70. The molecule has 0 N–H and O–H groups in total. The minimum atomic E-state index is 0.590. The second-order valence-corrected chi connectivity index (χ2v) is 3.98. The zero-order valence-corrected chi connectivity index (χ0v) is 11.1. The number of unbranched alkanes of at least 4 members (excludes halogenated alkanes) is 1. The van der Waals surface area contributed by atoms with E-state index in [1.807, 2.05) is 0 Å². The molecule has 0 bridgehead atoms. The van der Waals surface area contributed by atoms with E-state index in [1.165, 1.54) is 0 Å². The van der Waals surface area contributed by atoms with Crippen LogP contribution in [0.25, 0.3) is 0 Å². The molecule has 0 fully saturated rings. The molecule has 0 aromatic heterocycles. The fourth-order valence-electron chi connectivity index (χ4n) is 1.72. The summed E-state index contributed by atoms with van der Waals surface area (Å²) < 4.78 is 11.1. The average Bonchev–Trinajstić information content (AvgIpc) is 2.40. The lowest BCUT2D eigenvalue weighted by Gasteiger charge is -2.15. The molecule has 0 aliphatic heterocycles. The molecular formula is C15H20O3. The van der Waals surface area contributed by atoms with Gasteiger partial charge in [-0.1, -0.05) is 19.4 Å². The van der Waals surface area contributed by atoms with Crippen molar-refractivity contribution < 1.29 is 14.3 Å². The van der Waals surface area contributed by atoms with Gasteiger partial charge in [-0.3, -0.25) is 4.79 Å². The first-order valence-electron chi connectivity index (χ1n) is 6.17. The smallest absolute Gasteiger partial charge is 0.165 e. The lowest BCUT2D eigenvalue weighted by molar-refractivity contribution is 0.112. The fourth-order valence-corrected chi connectivity index (χ4v) is 1.72. The highest BCUT2D eigenvalue weighted by atomic mass is 16.5. The standard InChI is InChI=1S/C15H20O3/c1-4-6-10-18-15-13(7-5-2)12(11-16)8-9-14(15)17-3/h5,8-9,11H,2,4,6-7,10H2,1,3H3. The van der Waals surface area contributed by atoms with Crippen molar-refractivity contribution in [2.75, 3.05) is 13.7 Å². The van der Waals surface area contributed by atoms with Gasteiger partial charge in [0.25, 0.3) is 0 Å². The van der Waals surface area contributed by atoms with Crippen molar-refractivity contribution in [3.05, 3.63) is 35.9 Å². The summed E-state index contributed by atoms with van der Waals surface area (Å²) in [5, 5.41) is 0. The van der Waals surface area contributed by atoms with E-state index < -0.39 is 0 Å². The van der Waals surface area contributed by atoms with Crippen molar-refractivity contribution in [2.45, 2.75) is 26.2 Å². The second kappa shape index (κ2) is 7.54. The van der Waals surface area contributed by atoms with Gasteiger partial charge in [0, 0.05) is 11.1 Å². The number of methoxy groups -OCH3 is 1. The summed E-state index contributed by atoms with van der Waals surface area (Å²) in [7, 11) is 1.60. The highest BCUT2D eigenvalue weighted by Crippen LogP contribution is 2.34. The molecule has 0 spiro atoms. The van der Waals surface area contributed by atoms with Crippen molar-refractivity contribution in [3.63, 3.8) is 0 Å². The first kappa shape index (κ1) is 14.3. The highest BCUT2D eigenvalue weighted by Gasteiger charge is 2.14. The molecule has 0 atom stereocenters. The number of benzene rings is 1. The molecule has 3 nitrogen and oxygen atoms in total. The monoisotopic (exact) mass is 248 g/mol. The number of rotatable bonds is 8. The molecule has 0 heterocycles. The number of carbonyl (C=O) groups excluding carboxylic acids is 1. The third kappa shape index (κ3) is 3.36. The first-order chi connectivity index (χ1) is 8.78. The topological polar surface area (TPSA) is 35.5 Å². The summed E-state index contributed by atoms with van der Waals surface area (Å²) in [6.45, 7) is 6.44. The Hall–Kier alpha value is -1.77. The maximum absolute atomic E-state index is 11.1. The Morgan fingerprint density at radius 2 is 2.17 bits per heavy atom. The number of allylic oxidation sites excluding steroid dienone is 1. The highest BCUT2D eigenvalue weighted by molar-refractivity contribution is 5.80. The predicted molar refractivity (Wildman–Crippen MR) is 72.7 cm³/mol. The minimum Gasteiger partial charge on any atom is -0.493 e. The van der Waals surface area contributed by atoms with Crippen LogP contribution in [0.3, 0.4) is 0 Å². The average molecular weight is 248 g/mol. The molecule has 0 aliphatic rings. The summed E-state index contributed by atoms with van der Waals surface area (Å²) in [6, 6.07) is 3.51. The van der Waals surface area contributed by atoms with Crippen LogP contribution in [0.4, 0.5) is 0 Å². The predicted octanol–water partition coefficient (Wildman–Crippen LogP) is 3.42. The molecule has 1 aromatic rings. The SMILES string of the molecule is C=CCc1c(C=O)ccc(OC)c1OCCCC. The van der Waals surface area contributed by atoms with Gasteiger partial charge in [0.15, 0.2) is 11.5 Å². The molecule has 1 aromatic carbocycles. The number of ether oxygens (including phenoxy) is 2. The van der Waals surface area contributed by atoms with Crippen molar-refractivity contribution in [2.24, 2.45) is 0 Å². The Morgan fingerprint density at radius 1 is 1.39 bits per heavy atom. The second-order valence-electron chi connectivity index (χ2n) is 3.98. The molecule has 0 saturated heterocycles. The van der Waals surface area contributed by atoms with Crippen molar-refractivity contribution in [3.8, 4) is 11.5 Å². The number of hydrogen-bond acceptors (Lipinski definition) is 3. The molecule has 0 radical (unpaired) electrons. The van der Waals surface area contributed by atoms with Crippen LogP contribution < -0.4 is 9.47 Å². The van der Waals surface area contributed by atoms with Gasteiger partial charge in [0.2, 0.25) is 0 Å². The van der Waals surface area contributed by atoms with Crippen LogP contribution >= 0.6 is 0 Å². The van der Waals surface area contributed by atoms with Gasteiger partial charge >= 0.3 is 0 Å². The van der Waals surface area contributed by atoms with Crippen LogP contribution in [0.5, 0.6) is 11.5 Å². The molecular weight excluding hydrogens is 228 g/mol. The first-order valence-corrected chi connectivity index (χ1v) is 6.17. The van der Waals surface area contributed by atoms with Crippen LogP contribution in [-0.2, 0) is 6.42 Å². The Balaban J connectivity index is 3.12. The lowest BCUT2D eigenvalue weighted by Crippen LogP contribution is -2.04. The van der Waals surface area contributed by atoms with Crippen LogP contribution in [0.1, 0.15) is 35.7 Å². The lowest BCUT2D eigenvalue weighted by atomic mass is 10.0. The summed E-state index contributed by atoms with van der Waals surface area (Å²) in [4.78, 5) is 11.1. The molecule has 0 unspecified atom stereocenters. The maximum Gasteiger partial charge on any atom is 0.165 e. The van der Waals surface area contributed by atoms with Gasteiger partial charge < -0.3 is 9.47 Å². The van der Waals surface area contributed by atoms with Gasteiger partial charge in [-0.2, -0.15) is 0 Å². The van der Waals surface area contributed by atoms with E-state index in [0.29, 0.717) is 30.1 Å². The summed E-state index contributed by atoms with van der Waals surface area (Å²) in [6.07, 6.45) is 5.22.